The Balaban J connectivity index is 1.42. The number of sulfonamides is 1. The van der Waals surface area contributed by atoms with Gasteiger partial charge in [-0.25, -0.2) is 8.42 Å². The quantitative estimate of drug-likeness (QED) is 0.663. The predicted molar refractivity (Wildman–Crippen MR) is 114 cm³/mol. The number of carbonyl (C=O) groups excluding carboxylic acids is 1. The molecule has 2 aliphatic rings. The molecule has 1 fully saturated rings. The van der Waals surface area contributed by atoms with Gasteiger partial charge in [0.15, 0.2) is 5.76 Å². The first kappa shape index (κ1) is 19.8. The highest BCUT2D eigenvalue weighted by atomic mass is 32.2. The van der Waals surface area contributed by atoms with Gasteiger partial charge in [-0.2, -0.15) is 4.31 Å². The molecule has 2 aromatic carbocycles. The summed E-state index contributed by atoms with van der Waals surface area (Å²) in [6.45, 7) is 0.945. The van der Waals surface area contributed by atoms with Gasteiger partial charge in [-0.3, -0.25) is 4.79 Å². The van der Waals surface area contributed by atoms with Gasteiger partial charge in [0, 0.05) is 24.2 Å². The molecule has 2 aliphatic heterocycles. The average Bonchev–Trinajstić information content (AvgIpc) is 3.31. The number of rotatable bonds is 4. The van der Waals surface area contributed by atoms with E-state index in [0.717, 1.165) is 30.4 Å². The molecule has 31 heavy (non-hydrogen) atoms. The van der Waals surface area contributed by atoms with Crippen LogP contribution in [0.2, 0.25) is 0 Å². The van der Waals surface area contributed by atoms with Gasteiger partial charge in [0.25, 0.3) is 15.9 Å². The Morgan fingerprint density at radius 1 is 0.871 bits per heavy atom. The smallest absolute Gasteiger partial charge is 0.287 e. The van der Waals surface area contributed by atoms with Crippen molar-refractivity contribution in [3.8, 4) is 11.5 Å². The van der Waals surface area contributed by atoms with Crippen LogP contribution in [0.5, 0.6) is 11.5 Å². The van der Waals surface area contributed by atoms with Crippen molar-refractivity contribution >= 4 is 15.9 Å². The molecule has 0 bridgehead atoms. The van der Waals surface area contributed by atoms with Crippen LogP contribution in [0.4, 0.5) is 0 Å². The van der Waals surface area contributed by atoms with Crippen LogP contribution in [0.15, 0.2) is 70.2 Å². The molecule has 0 unspecified atom stereocenters. The second kappa shape index (κ2) is 7.86. The summed E-state index contributed by atoms with van der Waals surface area (Å²) in [5, 5.41) is 2.77. The van der Waals surface area contributed by atoms with Gasteiger partial charge >= 0.3 is 0 Å². The number of nitrogens with zero attached hydrogens (tertiary/aromatic N) is 1. The zero-order valence-electron chi connectivity index (χ0n) is 16.8. The van der Waals surface area contributed by atoms with Gasteiger partial charge in [0.1, 0.15) is 11.5 Å². The highest BCUT2D eigenvalue weighted by Crippen LogP contribution is 2.42. The van der Waals surface area contributed by atoms with E-state index >= 15 is 0 Å². The van der Waals surface area contributed by atoms with Crippen LogP contribution in [0.3, 0.4) is 0 Å². The van der Waals surface area contributed by atoms with Gasteiger partial charge in [-0.1, -0.05) is 42.8 Å². The van der Waals surface area contributed by atoms with Crippen molar-refractivity contribution in [1.29, 1.82) is 0 Å². The lowest BCUT2D eigenvalue weighted by Crippen LogP contribution is -2.35. The summed E-state index contributed by atoms with van der Waals surface area (Å²) in [5.74, 6) is 0.798. The highest BCUT2D eigenvalue weighted by Gasteiger charge is 2.32. The zero-order chi connectivity index (χ0) is 21.4. The van der Waals surface area contributed by atoms with Crippen LogP contribution in [0.1, 0.15) is 47.0 Å². The molecular formula is C23H22N2O5S. The molecule has 1 aromatic heterocycles. The van der Waals surface area contributed by atoms with E-state index in [1.807, 2.05) is 48.5 Å². The molecule has 3 aromatic rings. The highest BCUT2D eigenvalue weighted by molar-refractivity contribution is 7.89. The lowest BCUT2D eigenvalue weighted by Gasteiger charge is -2.28. The summed E-state index contributed by atoms with van der Waals surface area (Å²) >= 11 is 0. The molecule has 0 spiro atoms. The lowest BCUT2D eigenvalue weighted by atomic mass is 9.94. The monoisotopic (exact) mass is 438 g/mol. The third-order valence-corrected chi connectivity index (χ3v) is 7.44. The molecule has 8 heteroatoms. The van der Waals surface area contributed by atoms with E-state index < -0.39 is 22.0 Å². The van der Waals surface area contributed by atoms with E-state index in [4.69, 9.17) is 9.15 Å². The Kier molecular flexibility index (Phi) is 5.03. The molecule has 0 radical (unpaired) electrons. The number of hydrogen-bond donors (Lipinski definition) is 1. The standard InChI is InChI=1S/C23H22N2O5S/c26-23(20-12-13-21(30-20)31(27,28)25-14-6-1-7-15-25)24-22-16-8-2-4-10-18(16)29-19-11-5-3-9-17(19)22/h2-5,8-13,22H,1,6-7,14-15H2,(H,24,26). The fraction of sp³-hybridized carbons (Fsp3) is 0.261. The first-order valence-corrected chi connectivity index (χ1v) is 11.7. The number of para-hydroxylation sites is 2. The van der Waals surface area contributed by atoms with Crippen molar-refractivity contribution < 1.29 is 22.4 Å². The van der Waals surface area contributed by atoms with Crippen LogP contribution in [0, 0.1) is 0 Å². The molecule has 160 valence electrons. The van der Waals surface area contributed by atoms with Gasteiger partial charge in [0.05, 0.1) is 6.04 Å². The summed E-state index contributed by atoms with van der Waals surface area (Å²) in [6.07, 6.45) is 2.68. The molecule has 5 rings (SSSR count). The van der Waals surface area contributed by atoms with Crippen LogP contribution < -0.4 is 10.1 Å². The SMILES string of the molecule is O=C(NC1c2ccccc2Oc2ccccc21)c1ccc(S(=O)(=O)N2CCCCC2)o1. The van der Waals surface area contributed by atoms with E-state index in [1.54, 1.807) is 0 Å². The second-order valence-corrected chi connectivity index (χ2v) is 9.54. The third-order valence-electron chi connectivity index (χ3n) is 5.67. The first-order chi connectivity index (χ1) is 15.0. The molecule has 1 N–H and O–H groups in total. The minimum absolute atomic E-state index is 0.0444. The van der Waals surface area contributed by atoms with Gasteiger partial charge in [0.2, 0.25) is 5.09 Å². The fourth-order valence-electron chi connectivity index (χ4n) is 4.08. The van der Waals surface area contributed by atoms with Gasteiger partial charge in [-0.15, -0.1) is 0 Å². The normalized spacial score (nSPS) is 16.8. The van der Waals surface area contributed by atoms with E-state index in [0.29, 0.717) is 24.6 Å². The number of carbonyl (C=O) groups is 1. The summed E-state index contributed by atoms with van der Waals surface area (Å²) in [6, 6.07) is 17.3. The summed E-state index contributed by atoms with van der Waals surface area (Å²) in [7, 11) is -3.74. The van der Waals surface area contributed by atoms with E-state index in [-0.39, 0.29) is 10.9 Å². The Hall–Kier alpha value is -3.10. The van der Waals surface area contributed by atoms with Crippen LogP contribution in [0.25, 0.3) is 0 Å². The van der Waals surface area contributed by atoms with Gasteiger partial charge < -0.3 is 14.5 Å². The van der Waals surface area contributed by atoms with E-state index in [1.165, 1.54) is 16.4 Å². The van der Waals surface area contributed by atoms with Crippen molar-refractivity contribution in [3.63, 3.8) is 0 Å². The zero-order valence-corrected chi connectivity index (χ0v) is 17.6. The van der Waals surface area contributed by atoms with E-state index in [9.17, 15) is 13.2 Å². The maximum atomic E-state index is 13.0. The molecule has 7 nitrogen and oxygen atoms in total. The minimum Gasteiger partial charge on any atom is -0.457 e. The number of fused-ring (bicyclic) bond motifs is 2. The Labute approximate surface area is 180 Å². The van der Waals surface area contributed by atoms with Crippen molar-refractivity contribution in [3.05, 3.63) is 77.6 Å². The van der Waals surface area contributed by atoms with Crippen molar-refractivity contribution in [2.75, 3.05) is 13.1 Å². The lowest BCUT2D eigenvalue weighted by molar-refractivity contribution is 0.0908. The largest absolute Gasteiger partial charge is 0.457 e. The van der Waals surface area contributed by atoms with Crippen molar-refractivity contribution in [2.45, 2.75) is 30.4 Å². The maximum absolute atomic E-state index is 13.0. The van der Waals surface area contributed by atoms with Crippen LogP contribution in [-0.4, -0.2) is 31.7 Å². The number of nitrogens with one attached hydrogen (secondary N) is 1. The number of hydrogen-bond acceptors (Lipinski definition) is 5. The number of furan rings is 1. The summed E-state index contributed by atoms with van der Waals surface area (Å²) in [5.41, 5.74) is 1.64. The summed E-state index contributed by atoms with van der Waals surface area (Å²) in [4.78, 5) is 13.0. The Morgan fingerprint density at radius 3 is 2.13 bits per heavy atom. The fourth-order valence-corrected chi connectivity index (χ4v) is 5.51. The summed E-state index contributed by atoms with van der Waals surface area (Å²) < 4.78 is 38.5. The maximum Gasteiger partial charge on any atom is 0.287 e. The van der Waals surface area contributed by atoms with Crippen LogP contribution in [-0.2, 0) is 10.0 Å². The average molecular weight is 439 g/mol. The molecule has 0 aliphatic carbocycles. The van der Waals surface area contributed by atoms with Crippen molar-refractivity contribution in [2.24, 2.45) is 0 Å². The third kappa shape index (κ3) is 3.62. The number of amides is 1. The second-order valence-electron chi connectivity index (χ2n) is 7.67. The first-order valence-electron chi connectivity index (χ1n) is 10.3. The molecule has 3 heterocycles. The van der Waals surface area contributed by atoms with Gasteiger partial charge in [-0.05, 0) is 37.1 Å². The minimum atomic E-state index is -3.74. The van der Waals surface area contributed by atoms with Crippen LogP contribution >= 0.6 is 0 Å². The Morgan fingerprint density at radius 2 is 1.48 bits per heavy atom. The molecule has 1 amide bonds. The Bertz CT molecular complexity index is 1180. The molecule has 0 atom stereocenters. The number of ether oxygens (including phenoxy) is 1. The topological polar surface area (TPSA) is 88.8 Å². The molecule has 0 saturated carbocycles. The molecule has 1 saturated heterocycles. The number of piperidine rings is 1. The molecular weight excluding hydrogens is 416 g/mol. The number of benzene rings is 2. The van der Waals surface area contributed by atoms with Crippen molar-refractivity contribution in [1.82, 2.24) is 9.62 Å². The predicted octanol–water partition coefficient (Wildman–Crippen LogP) is 4.08. The van der Waals surface area contributed by atoms with E-state index in [2.05, 4.69) is 5.32 Å².